The summed E-state index contributed by atoms with van der Waals surface area (Å²) in [5.41, 5.74) is 0. The highest BCUT2D eigenvalue weighted by Crippen LogP contribution is 2.21. The molecule has 0 aromatic heterocycles. The van der Waals surface area contributed by atoms with Gasteiger partial charge in [-0.25, -0.2) is 4.79 Å². The predicted octanol–water partition coefficient (Wildman–Crippen LogP) is -0.0291. The van der Waals surface area contributed by atoms with Gasteiger partial charge in [-0.2, -0.15) is 0 Å². The molecule has 0 aromatic rings. The van der Waals surface area contributed by atoms with Gasteiger partial charge in [-0.1, -0.05) is 0 Å². The maximum absolute atomic E-state index is 12.0. The van der Waals surface area contributed by atoms with E-state index in [9.17, 15) is 14.4 Å². The van der Waals surface area contributed by atoms with Gasteiger partial charge in [-0.05, 0) is 18.8 Å². The highest BCUT2D eigenvalue weighted by molar-refractivity contribution is 5.83. The molecular formula is C12H21N3O4. The van der Waals surface area contributed by atoms with Gasteiger partial charge in [0, 0.05) is 33.6 Å². The molecule has 1 aliphatic heterocycles. The van der Waals surface area contributed by atoms with E-state index in [1.54, 1.807) is 11.9 Å². The van der Waals surface area contributed by atoms with Gasteiger partial charge in [0.05, 0.1) is 0 Å². The molecule has 0 radical (unpaired) electrons. The fourth-order valence-corrected chi connectivity index (χ4v) is 2.18. The molecule has 7 heteroatoms. The summed E-state index contributed by atoms with van der Waals surface area (Å²) in [6.07, 6.45) is 1.56. The van der Waals surface area contributed by atoms with Crippen molar-refractivity contribution in [3.63, 3.8) is 0 Å². The first kappa shape index (κ1) is 15.3. The minimum absolute atomic E-state index is 0.0321. The highest BCUT2D eigenvalue weighted by Gasteiger charge is 2.26. The highest BCUT2D eigenvalue weighted by atomic mass is 16.4. The number of hydrogen-bond donors (Lipinski definition) is 2. The number of aliphatic carboxylic acids is 1. The van der Waals surface area contributed by atoms with Gasteiger partial charge in [-0.15, -0.1) is 0 Å². The van der Waals surface area contributed by atoms with Crippen LogP contribution < -0.4 is 5.32 Å². The van der Waals surface area contributed by atoms with Crippen LogP contribution in [0, 0.1) is 5.92 Å². The second kappa shape index (κ2) is 6.96. The Labute approximate surface area is 112 Å². The molecule has 3 amide bonds. The molecule has 1 saturated heterocycles. The first-order valence-electron chi connectivity index (χ1n) is 6.36. The van der Waals surface area contributed by atoms with Crippen LogP contribution in [0.5, 0.6) is 0 Å². The zero-order chi connectivity index (χ0) is 14.4. The quantitative estimate of drug-likeness (QED) is 0.751. The molecule has 108 valence electrons. The summed E-state index contributed by atoms with van der Waals surface area (Å²) in [5.74, 6) is -0.857. The average Bonchev–Trinajstić information content (AvgIpc) is 2.37. The smallest absolute Gasteiger partial charge is 0.320 e. The largest absolute Gasteiger partial charge is 0.481 e. The van der Waals surface area contributed by atoms with Crippen molar-refractivity contribution in [1.82, 2.24) is 15.1 Å². The van der Waals surface area contributed by atoms with Gasteiger partial charge in [-0.3, -0.25) is 9.59 Å². The van der Waals surface area contributed by atoms with E-state index < -0.39 is 5.97 Å². The Kier molecular flexibility index (Phi) is 5.59. The summed E-state index contributed by atoms with van der Waals surface area (Å²) >= 11 is 0. The zero-order valence-electron chi connectivity index (χ0n) is 11.4. The summed E-state index contributed by atoms with van der Waals surface area (Å²) in [4.78, 5) is 36.9. The van der Waals surface area contributed by atoms with Crippen molar-refractivity contribution >= 4 is 17.9 Å². The first-order chi connectivity index (χ1) is 8.93. The second-order valence-corrected chi connectivity index (χ2v) is 4.84. The molecule has 1 fully saturated rings. The fourth-order valence-electron chi connectivity index (χ4n) is 2.18. The molecule has 1 aliphatic rings. The predicted molar refractivity (Wildman–Crippen MR) is 68.6 cm³/mol. The number of urea groups is 1. The van der Waals surface area contributed by atoms with Crippen LogP contribution in [-0.2, 0) is 9.59 Å². The van der Waals surface area contributed by atoms with Crippen LogP contribution in [0.3, 0.4) is 0 Å². The number of nitrogens with zero attached hydrogens (tertiary/aromatic N) is 2. The van der Waals surface area contributed by atoms with Crippen molar-refractivity contribution in [3.8, 4) is 0 Å². The van der Waals surface area contributed by atoms with Gasteiger partial charge < -0.3 is 20.2 Å². The lowest BCUT2D eigenvalue weighted by molar-refractivity contribution is -0.138. The monoisotopic (exact) mass is 271 g/mol. The number of likely N-dealkylation sites (tertiary alicyclic amines) is 1. The third-order valence-electron chi connectivity index (χ3n) is 3.33. The van der Waals surface area contributed by atoms with Gasteiger partial charge >= 0.3 is 12.0 Å². The van der Waals surface area contributed by atoms with E-state index in [0.717, 1.165) is 0 Å². The number of nitrogens with one attached hydrogen (secondary N) is 1. The summed E-state index contributed by atoms with van der Waals surface area (Å²) < 4.78 is 0. The number of hydrogen-bond acceptors (Lipinski definition) is 3. The summed E-state index contributed by atoms with van der Waals surface area (Å²) in [6.45, 7) is 1.13. The third kappa shape index (κ3) is 4.76. The normalized spacial score (nSPS) is 16.0. The Morgan fingerprint density at radius 3 is 2.37 bits per heavy atom. The lowest BCUT2D eigenvalue weighted by Crippen LogP contribution is -2.47. The number of carboxylic acid groups (broad SMARTS) is 1. The van der Waals surface area contributed by atoms with Crippen LogP contribution in [0.2, 0.25) is 0 Å². The van der Waals surface area contributed by atoms with E-state index in [4.69, 9.17) is 5.11 Å². The topological polar surface area (TPSA) is 90.0 Å². The van der Waals surface area contributed by atoms with Crippen molar-refractivity contribution in [2.75, 3.05) is 33.7 Å². The molecule has 1 heterocycles. The van der Waals surface area contributed by atoms with E-state index >= 15 is 0 Å². The van der Waals surface area contributed by atoms with E-state index in [2.05, 4.69) is 5.32 Å². The van der Waals surface area contributed by atoms with Gasteiger partial charge in [0.1, 0.15) is 6.54 Å². The maximum atomic E-state index is 12.0. The molecule has 0 unspecified atom stereocenters. The van der Waals surface area contributed by atoms with Crippen LogP contribution >= 0.6 is 0 Å². The molecule has 0 spiro atoms. The number of piperidine rings is 1. The Balaban J connectivity index is 2.40. The van der Waals surface area contributed by atoms with Gasteiger partial charge in [0.2, 0.25) is 5.91 Å². The van der Waals surface area contributed by atoms with Gasteiger partial charge in [0.15, 0.2) is 0 Å². The van der Waals surface area contributed by atoms with E-state index in [1.165, 1.54) is 11.9 Å². The molecule has 0 atom stereocenters. The number of likely N-dealkylation sites (N-methyl/N-ethyl adjacent to an activating group) is 2. The Bertz CT molecular complexity index is 351. The Morgan fingerprint density at radius 2 is 1.89 bits per heavy atom. The number of amides is 3. The molecule has 0 aliphatic carbocycles. The maximum Gasteiger partial charge on any atom is 0.320 e. The van der Waals surface area contributed by atoms with Crippen molar-refractivity contribution in [3.05, 3.63) is 0 Å². The molecule has 2 N–H and O–H groups in total. The van der Waals surface area contributed by atoms with Gasteiger partial charge in [0.25, 0.3) is 0 Å². The van der Waals surface area contributed by atoms with Crippen molar-refractivity contribution in [1.29, 1.82) is 0 Å². The van der Waals surface area contributed by atoms with Crippen LogP contribution in [0.25, 0.3) is 0 Å². The Hall–Kier alpha value is -1.79. The third-order valence-corrected chi connectivity index (χ3v) is 3.33. The lowest BCUT2D eigenvalue weighted by atomic mass is 9.94. The molecule has 19 heavy (non-hydrogen) atoms. The van der Waals surface area contributed by atoms with Crippen LogP contribution in [-0.4, -0.2) is 66.5 Å². The number of carboxylic acids is 1. The van der Waals surface area contributed by atoms with Crippen molar-refractivity contribution < 1.29 is 19.5 Å². The molecule has 0 aromatic carbocycles. The molecule has 0 bridgehead atoms. The summed E-state index contributed by atoms with van der Waals surface area (Å²) in [6, 6.07) is -0.183. The number of carbonyl (C=O) groups excluding carboxylic acids is 2. The first-order valence-corrected chi connectivity index (χ1v) is 6.36. The standard InChI is InChI=1S/C12H21N3O4/c1-13-10(16)8-14(2)12(19)15-5-3-9(4-6-15)7-11(17)18/h9H,3-8H2,1-2H3,(H,13,16)(H,17,18). The van der Waals surface area contributed by atoms with E-state index in [-0.39, 0.29) is 30.8 Å². The average molecular weight is 271 g/mol. The summed E-state index contributed by atoms with van der Waals surface area (Å²) in [5, 5.41) is 11.2. The van der Waals surface area contributed by atoms with E-state index in [0.29, 0.717) is 25.9 Å². The molecule has 0 saturated carbocycles. The van der Waals surface area contributed by atoms with Crippen molar-refractivity contribution in [2.45, 2.75) is 19.3 Å². The molecule has 7 nitrogen and oxygen atoms in total. The SMILES string of the molecule is CNC(=O)CN(C)C(=O)N1CCC(CC(=O)O)CC1. The Morgan fingerprint density at radius 1 is 1.32 bits per heavy atom. The fraction of sp³-hybridized carbons (Fsp3) is 0.750. The summed E-state index contributed by atoms with van der Waals surface area (Å²) in [7, 11) is 3.11. The minimum Gasteiger partial charge on any atom is -0.481 e. The van der Waals surface area contributed by atoms with Crippen LogP contribution in [0.15, 0.2) is 0 Å². The number of rotatable bonds is 4. The van der Waals surface area contributed by atoms with E-state index in [1.807, 2.05) is 0 Å². The lowest BCUT2D eigenvalue weighted by Gasteiger charge is -2.33. The van der Waals surface area contributed by atoms with Crippen molar-refractivity contribution in [2.24, 2.45) is 5.92 Å². The molecular weight excluding hydrogens is 250 g/mol. The minimum atomic E-state index is -0.790. The molecule has 1 rings (SSSR count). The zero-order valence-corrected chi connectivity index (χ0v) is 11.4. The number of carbonyl (C=O) groups is 3. The second-order valence-electron chi connectivity index (χ2n) is 4.84. The van der Waals surface area contributed by atoms with Crippen LogP contribution in [0.1, 0.15) is 19.3 Å². The van der Waals surface area contributed by atoms with Crippen LogP contribution in [0.4, 0.5) is 4.79 Å².